The molecule has 0 saturated carbocycles. The van der Waals surface area contributed by atoms with Crippen molar-refractivity contribution in [3.63, 3.8) is 0 Å². The van der Waals surface area contributed by atoms with Gasteiger partial charge in [0, 0.05) is 0 Å². The Balaban J connectivity index is 2.36. The summed E-state index contributed by atoms with van der Waals surface area (Å²) in [4.78, 5) is 3.06. The fraction of sp³-hybridized carbons (Fsp3) is 0.429. The minimum Gasteiger partial charge on any atom is -0.348 e. The van der Waals surface area contributed by atoms with Gasteiger partial charge in [0.05, 0.1) is 6.08 Å². The Morgan fingerprint density at radius 1 is 0.767 bits per heavy atom. The molecular weight excluding hydrogens is 364 g/mol. The highest BCUT2D eigenvalue weighted by Crippen LogP contribution is 2.30. The van der Waals surface area contributed by atoms with Crippen LogP contribution in [0.5, 0.6) is 0 Å². The van der Waals surface area contributed by atoms with Gasteiger partial charge in [-0.05, 0) is 65.5 Å². The van der Waals surface area contributed by atoms with Crippen molar-refractivity contribution in [2.45, 2.75) is 78.6 Å². The van der Waals surface area contributed by atoms with Crippen molar-refractivity contribution in [1.82, 2.24) is 0 Å². The molecule has 0 unspecified atom stereocenters. The van der Waals surface area contributed by atoms with Crippen molar-refractivity contribution in [2.75, 3.05) is 0 Å². The van der Waals surface area contributed by atoms with Gasteiger partial charge in [-0.1, -0.05) is 95.0 Å². The minimum absolute atomic E-state index is 0.841. The van der Waals surface area contributed by atoms with E-state index in [1.165, 1.54) is 66.4 Å². The molecule has 0 radical (unpaired) electrons. The van der Waals surface area contributed by atoms with Crippen LogP contribution < -0.4 is 0 Å². The van der Waals surface area contributed by atoms with Gasteiger partial charge in [-0.15, -0.1) is 4.79 Å². The van der Waals surface area contributed by atoms with Crippen molar-refractivity contribution in [1.29, 1.82) is 0 Å². The van der Waals surface area contributed by atoms with E-state index in [4.69, 9.17) is 5.53 Å². The lowest BCUT2D eigenvalue weighted by atomic mass is 9.90. The van der Waals surface area contributed by atoms with Crippen molar-refractivity contribution in [3.05, 3.63) is 88.0 Å². The van der Waals surface area contributed by atoms with Crippen LogP contribution in [-0.4, -0.2) is 10.7 Å². The number of unbranched alkanes of at least 4 members (excludes halogenated alkanes) is 4. The zero-order chi connectivity index (χ0) is 21.6. The topological polar surface area (TPSA) is 36.4 Å². The van der Waals surface area contributed by atoms with Gasteiger partial charge in [-0.25, -0.2) is 0 Å². The fourth-order valence-corrected chi connectivity index (χ4v) is 3.81. The van der Waals surface area contributed by atoms with Gasteiger partial charge in [0.25, 0.3) is 5.87 Å². The number of hydrogen-bond acceptors (Lipinski definition) is 0. The summed E-state index contributed by atoms with van der Waals surface area (Å²) in [7, 11) is 0. The normalized spacial score (nSPS) is 11.4. The van der Waals surface area contributed by atoms with Crippen LogP contribution in [0.3, 0.4) is 0 Å². The highest BCUT2D eigenvalue weighted by Gasteiger charge is 2.11. The molecule has 158 valence electrons. The summed E-state index contributed by atoms with van der Waals surface area (Å²) in [5.41, 5.74) is 16.3. The molecule has 0 atom stereocenters. The van der Waals surface area contributed by atoms with Crippen LogP contribution in [0.4, 0.5) is 0 Å². The first kappa shape index (κ1) is 23.6. The molecule has 0 aliphatic carbocycles. The lowest BCUT2D eigenvalue weighted by molar-refractivity contribution is 0.00800. The molecule has 2 aromatic carbocycles. The lowest BCUT2D eigenvalue weighted by Gasteiger charge is -2.14. The second-order valence-electron chi connectivity index (χ2n) is 7.94. The first-order valence-corrected chi connectivity index (χ1v) is 11.6. The molecule has 0 saturated heterocycles. The molecule has 0 heterocycles. The van der Waals surface area contributed by atoms with Crippen LogP contribution in [-0.2, 0) is 12.8 Å². The molecule has 0 bridgehead atoms. The van der Waals surface area contributed by atoms with Crippen LogP contribution in [0.25, 0.3) is 11.1 Å². The quantitative estimate of drug-likeness (QED) is 0.114. The van der Waals surface area contributed by atoms with Gasteiger partial charge in [-0.2, -0.15) is 0 Å². The largest absolute Gasteiger partial charge is 0.348 e. The third-order valence-corrected chi connectivity index (χ3v) is 5.62. The first-order chi connectivity index (χ1) is 14.7. The molecule has 0 fully saturated rings. The number of nitrogens with zero attached hydrogens (tertiary/aromatic N) is 2. The third kappa shape index (κ3) is 7.30. The van der Waals surface area contributed by atoms with E-state index in [0.29, 0.717) is 0 Å². The van der Waals surface area contributed by atoms with Gasteiger partial charge in [0.15, 0.2) is 0 Å². The van der Waals surface area contributed by atoms with Crippen LogP contribution in [0.15, 0.2) is 60.2 Å². The molecule has 0 N–H and O–H groups in total. The van der Waals surface area contributed by atoms with Gasteiger partial charge in [0.2, 0.25) is 0 Å². The van der Waals surface area contributed by atoms with Gasteiger partial charge >= 0.3 is 0 Å². The molecule has 2 heteroatoms. The minimum atomic E-state index is 0.841. The molecule has 0 amide bonds. The van der Waals surface area contributed by atoms with Crippen molar-refractivity contribution < 1.29 is 4.79 Å². The number of benzene rings is 2. The van der Waals surface area contributed by atoms with E-state index in [2.05, 4.69) is 80.0 Å². The number of rotatable bonds is 12. The number of hydrogen-bond donors (Lipinski definition) is 0. The maximum absolute atomic E-state index is 8.87. The highest BCUT2D eigenvalue weighted by molar-refractivity contribution is 5.85. The zero-order valence-electron chi connectivity index (χ0n) is 19.0. The molecule has 30 heavy (non-hydrogen) atoms. The molecular formula is C28H36N2. The molecule has 0 aliphatic heterocycles. The molecule has 2 aromatic rings. The molecule has 0 aliphatic rings. The van der Waals surface area contributed by atoms with Gasteiger partial charge in [0.1, 0.15) is 0 Å². The maximum Gasteiger partial charge on any atom is 0.299 e. The van der Waals surface area contributed by atoms with Crippen molar-refractivity contribution >= 4 is 11.4 Å². The van der Waals surface area contributed by atoms with Gasteiger partial charge in [-0.3, -0.25) is 0 Å². The SMILES string of the molecule is CCCCCCc1ccc(C(=C(C=C=[N+]=[N-])CC)c2ccc(CCCC)cc2)cc1. The average molecular weight is 401 g/mol. The van der Waals surface area contributed by atoms with Crippen LogP contribution in [0, 0.1) is 0 Å². The lowest BCUT2D eigenvalue weighted by Crippen LogP contribution is -1.95. The van der Waals surface area contributed by atoms with E-state index >= 15 is 0 Å². The zero-order valence-corrected chi connectivity index (χ0v) is 19.0. The third-order valence-electron chi connectivity index (χ3n) is 5.62. The van der Waals surface area contributed by atoms with E-state index in [0.717, 1.165) is 24.8 Å². The summed E-state index contributed by atoms with van der Waals surface area (Å²) in [5, 5.41) is 0. The number of allylic oxidation sites excluding steroid dienone is 2. The Labute approximate surface area is 183 Å². The second kappa shape index (κ2) is 13.5. The van der Waals surface area contributed by atoms with Gasteiger partial charge < -0.3 is 5.53 Å². The Hall–Kier alpha value is -2.66. The molecule has 2 nitrogen and oxygen atoms in total. The van der Waals surface area contributed by atoms with E-state index in [-0.39, 0.29) is 0 Å². The maximum atomic E-state index is 8.87. The summed E-state index contributed by atoms with van der Waals surface area (Å²) in [6.07, 6.45) is 12.5. The van der Waals surface area contributed by atoms with Crippen LogP contribution in [0.2, 0.25) is 0 Å². The summed E-state index contributed by atoms with van der Waals surface area (Å²) in [5.74, 6) is 2.61. The Morgan fingerprint density at radius 3 is 1.77 bits per heavy atom. The Morgan fingerprint density at radius 2 is 1.30 bits per heavy atom. The van der Waals surface area contributed by atoms with Crippen LogP contribution >= 0.6 is 0 Å². The smallest absolute Gasteiger partial charge is 0.299 e. The summed E-state index contributed by atoms with van der Waals surface area (Å²) < 4.78 is 0. The highest BCUT2D eigenvalue weighted by atomic mass is 14.8. The van der Waals surface area contributed by atoms with Crippen molar-refractivity contribution in [3.8, 4) is 0 Å². The summed E-state index contributed by atoms with van der Waals surface area (Å²) >= 11 is 0. The summed E-state index contributed by atoms with van der Waals surface area (Å²) in [6.45, 7) is 6.61. The Kier molecular flexibility index (Phi) is 10.7. The second-order valence-corrected chi connectivity index (χ2v) is 7.94. The Bertz CT molecular complexity index is 875. The van der Waals surface area contributed by atoms with E-state index < -0.39 is 0 Å². The average Bonchev–Trinajstić information content (AvgIpc) is 2.79. The predicted molar refractivity (Wildman–Crippen MR) is 129 cm³/mol. The number of aryl methyl sites for hydroxylation is 2. The fourth-order valence-electron chi connectivity index (χ4n) is 3.81. The van der Waals surface area contributed by atoms with E-state index in [1.807, 2.05) is 0 Å². The standard InChI is InChI=1S/C28H36N2/c1-4-7-9-10-12-24-15-19-27(20-16-24)28(25(6-3)21-22-30-29)26-17-13-23(14-18-26)11-8-5-2/h13-21H,4-12H2,1-3H3. The monoisotopic (exact) mass is 400 g/mol. The molecule has 2 rings (SSSR count). The van der Waals surface area contributed by atoms with Crippen LogP contribution in [0.1, 0.15) is 88.0 Å². The van der Waals surface area contributed by atoms with Crippen molar-refractivity contribution in [2.24, 2.45) is 0 Å². The first-order valence-electron chi connectivity index (χ1n) is 11.6. The predicted octanol–water partition coefficient (Wildman–Crippen LogP) is 7.82. The van der Waals surface area contributed by atoms with E-state index in [1.54, 1.807) is 6.08 Å². The molecule has 0 spiro atoms. The molecule has 0 aromatic heterocycles. The van der Waals surface area contributed by atoms with E-state index in [9.17, 15) is 0 Å². The summed E-state index contributed by atoms with van der Waals surface area (Å²) in [6, 6.07) is 17.9.